The second-order valence-electron chi connectivity index (χ2n) is 5.39. The molecule has 1 fully saturated rings. The van der Waals surface area contributed by atoms with Gasteiger partial charge in [-0.1, -0.05) is 18.2 Å². The number of ether oxygens (including phenoxy) is 1. The molecule has 4 nitrogen and oxygen atoms in total. The third kappa shape index (κ3) is 1.60. The lowest BCUT2D eigenvalue weighted by Crippen LogP contribution is -2.38. The Balaban J connectivity index is 1.93. The molecule has 0 spiro atoms. The van der Waals surface area contributed by atoms with Crippen LogP contribution in [0.15, 0.2) is 30.5 Å². The van der Waals surface area contributed by atoms with Crippen LogP contribution in [0.25, 0.3) is 10.9 Å². The quantitative estimate of drug-likeness (QED) is 0.782. The summed E-state index contributed by atoms with van der Waals surface area (Å²) in [4.78, 5) is 6.92. The van der Waals surface area contributed by atoms with Crippen LogP contribution in [-0.4, -0.2) is 37.8 Å². The van der Waals surface area contributed by atoms with Crippen molar-refractivity contribution in [1.29, 1.82) is 0 Å². The van der Waals surface area contributed by atoms with E-state index in [2.05, 4.69) is 40.4 Å². The van der Waals surface area contributed by atoms with E-state index in [9.17, 15) is 0 Å². The SMILES string of the molecule is CN1c2c(cnc3ccccc23)NCC2COCC21. The molecule has 1 aromatic heterocycles. The van der Waals surface area contributed by atoms with Gasteiger partial charge in [0.25, 0.3) is 0 Å². The van der Waals surface area contributed by atoms with E-state index in [1.165, 1.54) is 11.1 Å². The van der Waals surface area contributed by atoms with Gasteiger partial charge in [0.15, 0.2) is 0 Å². The number of nitrogens with one attached hydrogen (secondary N) is 1. The summed E-state index contributed by atoms with van der Waals surface area (Å²) in [6.45, 7) is 2.63. The molecule has 0 amide bonds. The number of para-hydroxylation sites is 1. The van der Waals surface area contributed by atoms with Gasteiger partial charge >= 0.3 is 0 Å². The molecule has 2 aliphatic rings. The fourth-order valence-corrected chi connectivity index (χ4v) is 3.25. The number of likely N-dealkylation sites (N-methyl/N-ethyl adjacent to an activating group) is 1. The number of anilines is 2. The van der Waals surface area contributed by atoms with E-state index >= 15 is 0 Å². The van der Waals surface area contributed by atoms with Crippen LogP contribution in [0.5, 0.6) is 0 Å². The van der Waals surface area contributed by atoms with Gasteiger partial charge in [0.2, 0.25) is 0 Å². The van der Waals surface area contributed by atoms with Gasteiger partial charge < -0.3 is 15.0 Å². The average molecular weight is 255 g/mol. The Hall–Kier alpha value is -1.81. The topological polar surface area (TPSA) is 37.4 Å². The van der Waals surface area contributed by atoms with Gasteiger partial charge in [-0.15, -0.1) is 0 Å². The molecular formula is C15H17N3O. The first-order chi connectivity index (χ1) is 9.34. The van der Waals surface area contributed by atoms with Gasteiger partial charge in [-0.3, -0.25) is 4.98 Å². The molecule has 98 valence electrons. The molecule has 0 aliphatic carbocycles. The molecule has 19 heavy (non-hydrogen) atoms. The first kappa shape index (κ1) is 11.1. The molecule has 2 unspecified atom stereocenters. The highest BCUT2D eigenvalue weighted by molar-refractivity contribution is 5.98. The third-order valence-corrected chi connectivity index (χ3v) is 4.32. The molecule has 1 saturated heterocycles. The van der Waals surface area contributed by atoms with Crippen molar-refractivity contribution in [2.75, 3.05) is 37.0 Å². The molecule has 0 bridgehead atoms. The number of nitrogens with zero attached hydrogens (tertiary/aromatic N) is 2. The lowest BCUT2D eigenvalue weighted by atomic mass is 10.0. The van der Waals surface area contributed by atoms with Crippen LogP contribution in [0.2, 0.25) is 0 Å². The Morgan fingerprint density at radius 3 is 3.16 bits per heavy atom. The average Bonchev–Trinajstić information content (AvgIpc) is 2.87. The van der Waals surface area contributed by atoms with Crippen molar-refractivity contribution in [2.24, 2.45) is 5.92 Å². The predicted molar refractivity (Wildman–Crippen MR) is 76.7 cm³/mol. The summed E-state index contributed by atoms with van der Waals surface area (Å²) in [6.07, 6.45) is 1.95. The zero-order valence-electron chi connectivity index (χ0n) is 11.0. The fraction of sp³-hybridized carbons (Fsp3) is 0.400. The van der Waals surface area contributed by atoms with E-state index in [4.69, 9.17) is 4.74 Å². The van der Waals surface area contributed by atoms with Gasteiger partial charge in [0, 0.05) is 24.9 Å². The summed E-state index contributed by atoms with van der Waals surface area (Å²) in [5.41, 5.74) is 3.44. The van der Waals surface area contributed by atoms with Crippen molar-refractivity contribution in [3.8, 4) is 0 Å². The second kappa shape index (κ2) is 4.10. The number of rotatable bonds is 0. The highest BCUT2D eigenvalue weighted by atomic mass is 16.5. The minimum Gasteiger partial charge on any atom is -0.382 e. The first-order valence-electron chi connectivity index (χ1n) is 6.77. The summed E-state index contributed by atoms with van der Waals surface area (Å²) in [7, 11) is 2.17. The smallest absolute Gasteiger partial charge is 0.0771 e. The van der Waals surface area contributed by atoms with E-state index in [0.29, 0.717) is 12.0 Å². The maximum atomic E-state index is 5.65. The zero-order chi connectivity index (χ0) is 12.8. The number of hydrogen-bond donors (Lipinski definition) is 1. The molecule has 0 saturated carbocycles. The van der Waals surface area contributed by atoms with Gasteiger partial charge in [-0.05, 0) is 6.07 Å². The molecule has 4 rings (SSSR count). The maximum absolute atomic E-state index is 5.65. The molecular weight excluding hydrogens is 238 g/mol. The normalized spacial score (nSPS) is 25.6. The van der Waals surface area contributed by atoms with Crippen LogP contribution in [0.1, 0.15) is 0 Å². The number of aromatic nitrogens is 1. The number of benzene rings is 1. The second-order valence-corrected chi connectivity index (χ2v) is 5.39. The Kier molecular flexibility index (Phi) is 2.38. The zero-order valence-corrected chi connectivity index (χ0v) is 11.0. The first-order valence-corrected chi connectivity index (χ1v) is 6.77. The summed E-state index contributed by atoms with van der Waals surface area (Å²) in [6, 6.07) is 8.78. The van der Waals surface area contributed by atoms with Gasteiger partial charge in [-0.25, -0.2) is 0 Å². The van der Waals surface area contributed by atoms with Crippen LogP contribution in [0, 0.1) is 5.92 Å². The van der Waals surface area contributed by atoms with Crippen LogP contribution < -0.4 is 10.2 Å². The molecule has 2 aromatic rings. The monoisotopic (exact) mass is 255 g/mol. The van der Waals surface area contributed by atoms with E-state index in [0.717, 1.165) is 31.0 Å². The third-order valence-electron chi connectivity index (χ3n) is 4.32. The van der Waals surface area contributed by atoms with Gasteiger partial charge in [0.1, 0.15) is 0 Å². The molecule has 3 heterocycles. The van der Waals surface area contributed by atoms with Crippen LogP contribution >= 0.6 is 0 Å². The Labute approximate surface area is 112 Å². The van der Waals surface area contributed by atoms with E-state index in [1.54, 1.807) is 0 Å². The number of fused-ring (bicyclic) bond motifs is 4. The molecule has 1 N–H and O–H groups in total. The van der Waals surface area contributed by atoms with E-state index < -0.39 is 0 Å². The predicted octanol–water partition coefficient (Wildman–Crippen LogP) is 2.11. The number of pyridine rings is 1. The minimum absolute atomic E-state index is 0.458. The summed E-state index contributed by atoms with van der Waals surface area (Å²) in [5.74, 6) is 0.552. The van der Waals surface area contributed by atoms with Crippen molar-refractivity contribution in [3.63, 3.8) is 0 Å². The summed E-state index contributed by atoms with van der Waals surface area (Å²) >= 11 is 0. The highest BCUT2D eigenvalue weighted by Crippen LogP contribution is 2.38. The van der Waals surface area contributed by atoms with Crippen LogP contribution in [0.3, 0.4) is 0 Å². The van der Waals surface area contributed by atoms with E-state index in [-0.39, 0.29) is 0 Å². The van der Waals surface area contributed by atoms with Crippen molar-refractivity contribution in [1.82, 2.24) is 4.98 Å². The lowest BCUT2D eigenvalue weighted by molar-refractivity contribution is 0.185. The molecule has 0 radical (unpaired) electrons. The van der Waals surface area contributed by atoms with Crippen molar-refractivity contribution < 1.29 is 4.74 Å². The minimum atomic E-state index is 0.458. The van der Waals surface area contributed by atoms with Crippen LogP contribution in [-0.2, 0) is 4.74 Å². The maximum Gasteiger partial charge on any atom is 0.0771 e. The molecule has 2 atom stereocenters. The highest BCUT2D eigenvalue weighted by Gasteiger charge is 2.35. The Morgan fingerprint density at radius 1 is 1.32 bits per heavy atom. The van der Waals surface area contributed by atoms with Gasteiger partial charge in [0.05, 0.1) is 42.3 Å². The summed E-state index contributed by atoms with van der Waals surface area (Å²) in [5, 5.41) is 4.75. The van der Waals surface area contributed by atoms with Crippen molar-refractivity contribution in [2.45, 2.75) is 6.04 Å². The molecule has 4 heteroatoms. The van der Waals surface area contributed by atoms with Crippen molar-refractivity contribution in [3.05, 3.63) is 30.5 Å². The van der Waals surface area contributed by atoms with Gasteiger partial charge in [-0.2, -0.15) is 0 Å². The summed E-state index contributed by atoms with van der Waals surface area (Å²) < 4.78 is 5.65. The fourth-order valence-electron chi connectivity index (χ4n) is 3.25. The van der Waals surface area contributed by atoms with Crippen molar-refractivity contribution >= 4 is 22.3 Å². The Morgan fingerprint density at radius 2 is 2.21 bits per heavy atom. The molecule has 1 aromatic carbocycles. The lowest BCUT2D eigenvalue weighted by Gasteiger charge is -2.28. The largest absolute Gasteiger partial charge is 0.382 e. The number of hydrogen-bond acceptors (Lipinski definition) is 4. The van der Waals surface area contributed by atoms with E-state index in [1.807, 2.05) is 12.3 Å². The standard InChI is InChI=1S/C15H17N3O/c1-18-14-9-19-8-10(14)6-16-13-7-17-12-5-3-2-4-11(12)15(13)18/h2-5,7,10,14,16H,6,8-9H2,1H3. The Bertz CT molecular complexity index is 628. The van der Waals surface area contributed by atoms with Crippen LogP contribution in [0.4, 0.5) is 11.4 Å². The molecule has 2 aliphatic heterocycles.